The standard InChI is InChI=1S/C6H14S.Ag/c1-5(2)7-6(3)4;/h5-6H,1-4H3;. The molecule has 0 unspecified atom stereocenters. The van der Waals surface area contributed by atoms with E-state index in [2.05, 4.69) is 27.7 Å². The summed E-state index contributed by atoms with van der Waals surface area (Å²) in [5, 5.41) is 1.58. The molecule has 0 N–H and O–H groups in total. The van der Waals surface area contributed by atoms with Gasteiger partial charge in [-0.25, -0.2) is 0 Å². The van der Waals surface area contributed by atoms with Gasteiger partial charge >= 0.3 is 0 Å². The molecule has 2 heteroatoms. The van der Waals surface area contributed by atoms with Gasteiger partial charge in [0.25, 0.3) is 0 Å². The smallest absolute Gasteiger partial charge is 0 e. The van der Waals surface area contributed by atoms with Crippen LogP contribution in [0.5, 0.6) is 0 Å². The Bertz CT molecular complexity index is 37.8. The average molecular weight is 226 g/mol. The Hall–Kier alpha value is 1.09. The van der Waals surface area contributed by atoms with Crippen LogP contribution in [0, 0.1) is 0 Å². The fraction of sp³-hybridized carbons (Fsp3) is 1.00. The molecule has 0 rings (SSSR count). The van der Waals surface area contributed by atoms with Crippen molar-refractivity contribution in [2.45, 2.75) is 38.2 Å². The zero-order valence-corrected chi connectivity index (χ0v) is 8.16. The fourth-order valence-electron chi connectivity index (χ4n) is 0.544. The van der Waals surface area contributed by atoms with Crippen molar-refractivity contribution in [2.75, 3.05) is 0 Å². The minimum absolute atomic E-state index is 0. The van der Waals surface area contributed by atoms with E-state index < -0.39 is 0 Å². The molecule has 0 amide bonds. The molecule has 0 nitrogen and oxygen atoms in total. The van der Waals surface area contributed by atoms with E-state index >= 15 is 0 Å². The number of hydrogen-bond donors (Lipinski definition) is 0. The minimum atomic E-state index is 0. The molecule has 8 heavy (non-hydrogen) atoms. The first-order chi connectivity index (χ1) is 3.13. The summed E-state index contributed by atoms with van der Waals surface area (Å²) in [4.78, 5) is 0. The molecule has 0 aliphatic rings. The summed E-state index contributed by atoms with van der Waals surface area (Å²) in [5.74, 6) is 0. The summed E-state index contributed by atoms with van der Waals surface area (Å²) in [7, 11) is 0. The molecule has 0 aliphatic heterocycles. The Balaban J connectivity index is 0. The molecule has 0 saturated carbocycles. The van der Waals surface area contributed by atoms with Crippen LogP contribution in [0.25, 0.3) is 0 Å². The molecule has 0 fully saturated rings. The van der Waals surface area contributed by atoms with Crippen molar-refractivity contribution in [1.29, 1.82) is 0 Å². The van der Waals surface area contributed by atoms with Crippen molar-refractivity contribution in [3.05, 3.63) is 0 Å². The van der Waals surface area contributed by atoms with Gasteiger partial charge < -0.3 is 0 Å². The monoisotopic (exact) mass is 225 g/mol. The summed E-state index contributed by atoms with van der Waals surface area (Å²) in [6.07, 6.45) is 0. The predicted molar refractivity (Wildman–Crippen MR) is 37.9 cm³/mol. The van der Waals surface area contributed by atoms with Gasteiger partial charge in [-0.05, 0) is 10.5 Å². The van der Waals surface area contributed by atoms with Gasteiger partial charge in [0.1, 0.15) is 0 Å². The zero-order chi connectivity index (χ0) is 5.86. The Morgan fingerprint density at radius 1 is 0.875 bits per heavy atom. The summed E-state index contributed by atoms with van der Waals surface area (Å²) in [6.45, 7) is 8.91. The maximum atomic E-state index is 2.23. The Morgan fingerprint density at radius 2 is 1.12 bits per heavy atom. The number of hydrogen-bond acceptors (Lipinski definition) is 1. The first-order valence-corrected chi connectivity index (χ1v) is 3.72. The second-order valence-electron chi connectivity index (χ2n) is 2.23. The molecule has 0 aliphatic carbocycles. The molecule has 0 atom stereocenters. The van der Waals surface area contributed by atoms with Crippen molar-refractivity contribution in [3.8, 4) is 0 Å². The first kappa shape index (κ1) is 11.8. The van der Waals surface area contributed by atoms with Gasteiger partial charge in [-0.15, -0.1) is 0 Å². The van der Waals surface area contributed by atoms with Crippen molar-refractivity contribution < 1.29 is 22.4 Å². The molecule has 0 saturated heterocycles. The second-order valence-corrected chi connectivity index (χ2v) is 4.39. The molecule has 0 heterocycles. The molecule has 0 aromatic heterocycles. The second kappa shape index (κ2) is 6.21. The molecule has 0 aromatic rings. The van der Waals surface area contributed by atoms with Crippen LogP contribution in [0.3, 0.4) is 0 Å². The molecule has 0 aromatic carbocycles. The Morgan fingerprint density at radius 3 is 1.12 bits per heavy atom. The van der Waals surface area contributed by atoms with Crippen LogP contribution in [0.1, 0.15) is 27.7 Å². The van der Waals surface area contributed by atoms with Crippen LogP contribution in [-0.4, -0.2) is 10.5 Å². The van der Waals surface area contributed by atoms with Crippen molar-refractivity contribution in [2.24, 2.45) is 0 Å². The normalized spacial score (nSPS) is 9.75. The van der Waals surface area contributed by atoms with Gasteiger partial charge in [0.2, 0.25) is 0 Å². The van der Waals surface area contributed by atoms with E-state index in [-0.39, 0.29) is 22.4 Å². The zero-order valence-electron chi connectivity index (χ0n) is 5.86. The largest absolute Gasteiger partial charge is 0.156 e. The van der Waals surface area contributed by atoms with Crippen LogP contribution in [0.2, 0.25) is 0 Å². The maximum Gasteiger partial charge on any atom is 0 e. The van der Waals surface area contributed by atoms with Gasteiger partial charge in [-0.3, -0.25) is 0 Å². The molecular formula is C6H14AgS. The summed E-state index contributed by atoms with van der Waals surface area (Å²) >= 11 is 2.01. The van der Waals surface area contributed by atoms with E-state index in [1.54, 1.807) is 0 Å². The van der Waals surface area contributed by atoms with Crippen molar-refractivity contribution in [1.82, 2.24) is 0 Å². The predicted octanol–water partition coefficient (Wildman–Crippen LogP) is 2.53. The van der Waals surface area contributed by atoms with E-state index in [1.807, 2.05) is 11.8 Å². The SMILES string of the molecule is CC(C)SC(C)C.[Ag]. The third kappa shape index (κ3) is 10.1. The van der Waals surface area contributed by atoms with Crippen LogP contribution in [-0.2, 0) is 22.4 Å². The van der Waals surface area contributed by atoms with Gasteiger partial charge in [-0.1, -0.05) is 27.7 Å². The van der Waals surface area contributed by atoms with E-state index in [0.717, 1.165) is 10.5 Å². The van der Waals surface area contributed by atoms with E-state index in [0.29, 0.717) is 0 Å². The fourth-order valence-corrected chi connectivity index (χ4v) is 1.63. The topological polar surface area (TPSA) is 0 Å². The summed E-state index contributed by atoms with van der Waals surface area (Å²) in [6, 6.07) is 0. The average Bonchev–Trinajstić information content (AvgIpc) is 1.27. The quantitative estimate of drug-likeness (QED) is 0.652. The minimum Gasteiger partial charge on any atom is -0.156 e. The van der Waals surface area contributed by atoms with Gasteiger partial charge in [-0.2, -0.15) is 11.8 Å². The van der Waals surface area contributed by atoms with E-state index in [1.165, 1.54) is 0 Å². The van der Waals surface area contributed by atoms with E-state index in [9.17, 15) is 0 Å². The molecule has 0 spiro atoms. The van der Waals surface area contributed by atoms with Crippen LogP contribution in [0.4, 0.5) is 0 Å². The Labute approximate surface area is 72.3 Å². The number of thioether (sulfide) groups is 1. The van der Waals surface area contributed by atoms with E-state index in [4.69, 9.17) is 0 Å². The molecule has 0 bridgehead atoms. The van der Waals surface area contributed by atoms with Gasteiger partial charge in [0.15, 0.2) is 0 Å². The molecule has 1 radical (unpaired) electrons. The molecular weight excluding hydrogens is 212 g/mol. The van der Waals surface area contributed by atoms with Gasteiger partial charge in [0, 0.05) is 22.4 Å². The van der Waals surface area contributed by atoms with Crippen molar-refractivity contribution in [3.63, 3.8) is 0 Å². The maximum absolute atomic E-state index is 2.23. The summed E-state index contributed by atoms with van der Waals surface area (Å²) in [5.41, 5.74) is 0. The first-order valence-electron chi connectivity index (χ1n) is 2.78. The number of rotatable bonds is 2. The third-order valence-corrected chi connectivity index (χ3v) is 1.63. The van der Waals surface area contributed by atoms with Crippen molar-refractivity contribution >= 4 is 11.8 Å². The van der Waals surface area contributed by atoms with Gasteiger partial charge in [0.05, 0.1) is 0 Å². The third-order valence-electron chi connectivity index (χ3n) is 0.544. The van der Waals surface area contributed by atoms with Crippen LogP contribution in [0.15, 0.2) is 0 Å². The molecule has 55 valence electrons. The van der Waals surface area contributed by atoms with Crippen LogP contribution >= 0.6 is 11.8 Å². The van der Waals surface area contributed by atoms with Crippen LogP contribution < -0.4 is 0 Å². The summed E-state index contributed by atoms with van der Waals surface area (Å²) < 4.78 is 0. The Kier molecular flexibility index (Phi) is 9.19.